The molecule has 0 aromatic heterocycles. The van der Waals surface area contributed by atoms with Crippen molar-refractivity contribution >= 4 is 16.6 Å². The molecule has 5 nitrogen and oxygen atoms in total. The van der Waals surface area contributed by atoms with Gasteiger partial charge in [-0.3, -0.25) is 4.79 Å². The summed E-state index contributed by atoms with van der Waals surface area (Å²) in [5.41, 5.74) is 0.953. The smallest absolute Gasteiger partial charge is 0.168 e. The number of rotatable bonds is 4. The van der Waals surface area contributed by atoms with Crippen LogP contribution in [-0.4, -0.2) is 32.2 Å². The van der Waals surface area contributed by atoms with Crippen LogP contribution in [-0.2, 0) is 0 Å². The van der Waals surface area contributed by atoms with E-state index in [4.69, 9.17) is 14.2 Å². The number of aryl methyl sites for hydroxylation is 1. The zero-order valence-electron chi connectivity index (χ0n) is 12.7. The highest BCUT2D eigenvalue weighted by Crippen LogP contribution is 2.46. The van der Waals surface area contributed by atoms with Crippen molar-refractivity contribution in [1.29, 1.82) is 0 Å². The van der Waals surface area contributed by atoms with Crippen LogP contribution in [0.15, 0.2) is 12.1 Å². The number of methoxy groups -OCH3 is 3. The van der Waals surface area contributed by atoms with Crippen molar-refractivity contribution in [3.05, 3.63) is 23.3 Å². The van der Waals surface area contributed by atoms with E-state index in [0.717, 1.165) is 0 Å². The number of phenols is 1. The van der Waals surface area contributed by atoms with Gasteiger partial charge in [0.2, 0.25) is 0 Å². The third-order valence-electron chi connectivity index (χ3n) is 3.47. The second kappa shape index (κ2) is 5.52. The first kappa shape index (κ1) is 15.0. The molecule has 0 aliphatic carbocycles. The number of phenolic OH excluding ortho intramolecular Hbond substituents is 1. The van der Waals surface area contributed by atoms with Crippen molar-refractivity contribution in [2.45, 2.75) is 13.8 Å². The van der Waals surface area contributed by atoms with Crippen LogP contribution in [0.4, 0.5) is 0 Å². The second-order valence-corrected chi connectivity index (χ2v) is 4.71. The number of carbonyl (C=O) groups is 1. The predicted molar refractivity (Wildman–Crippen MR) is 80.0 cm³/mol. The Kier molecular flexibility index (Phi) is 3.93. The number of benzene rings is 2. The van der Waals surface area contributed by atoms with Gasteiger partial charge < -0.3 is 19.3 Å². The number of hydrogen-bond donors (Lipinski definition) is 1. The minimum Gasteiger partial charge on any atom is -0.506 e. The number of Topliss-reactive ketones (excluding diaryl/α,β-unsaturated/α-hetero) is 1. The zero-order valence-corrected chi connectivity index (χ0v) is 12.7. The summed E-state index contributed by atoms with van der Waals surface area (Å²) in [5, 5.41) is 11.6. The largest absolute Gasteiger partial charge is 0.506 e. The van der Waals surface area contributed by atoms with Gasteiger partial charge in [-0.1, -0.05) is 0 Å². The van der Waals surface area contributed by atoms with Gasteiger partial charge in [-0.2, -0.15) is 0 Å². The number of aromatic hydroxyl groups is 1. The molecule has 0 amide bonds. The van der Waals surface area contributed by atoms with Gasteiger partial charge in [-0.15, -0.1) is 0 Å². The fourth-order valence-electron chi connectivity index (χ4n) is 2.59. The Hall–Kier alpha value is -2.43. The summed E-state index contributed by atoms with van der Waals surface area (Å²) in [4.78, 5) is 11.8. The van der Waals surface area contributed by atoms with E-state index in [0.29, 0.717) is 33.6 Å². The fraction of sp³-hybridized carbons (Fsp3) is 0.312. The van der Waals surface area contributed by atoms with Gasteiger partial charge in [0, 0.05) is 11.5 Å². The van der Waals surface area contributed by atoms with E-state index >= 15 is 0 Å². The lowest BCUT2D eigenvalue weighted by molar-refractivity contribution is 0.101. The Balaban J connectivity index is 3.03. The first-order chi connectivity index (χ1) is 9.96. The molecule has 0 unspecified atom stereocenters. The van der Waals surface area contributed by atoms with Crippen LogP contribution >= 0.6 is 0 Å². The molecule has 0 saturated heterocycles. The number of fused-ring (bicyclic) bond motifs is 1. The van der Waals surface area contributed by atoms with Crippen LogP contribution in [0.25, 0.3) is 10.8 Å². The number of hydrogen-bond acceptors (Lipinski definition) is 5. The van der Waals surface area contributed by atoms with Crippen molar-refractivity contribution in [2.75, 3.05) is 21.3 Å². The highest BCUT2D eigenvalue weighted by atomic mass is 16.5. The normalized spacial score (nSPS) is 10.5. The van der Waals surface area contributed by atoms with Gasteiger partial charge in [0.25, 0.3) is 0 Å². The molecule has 2 aromatic carbocycles. The summed E-state index contributed by atoms with van der Waals surface area (Å²) in [7, 11) is 4.54. The van der Waals surface area contributed by atoms with Crippen LogP contribution in [0.5, 0.6) is 23.0 Å². The van der Waals surface area contributed by atoms with Crippen LogP contribution in [0, 0.1) is 6.92 Å². The molecule has 2 aromatic rings. The molecule has 0 aliphatic rings. The molecule has 0 spiro atoms. The topological polar surface area (TPSA) is 65.0 Å². The Morgan fingerprint density at radius 3 is 2.14 bits per heavy atom. The SMILES string of the molecule is COc1cc(OC)c2c(O)c(C(C)=O)c(C)cc2c1OC. The minimum absolute atomic E-state index is 0.102. The summed E-state index contributed by atoms with van der Waals surface area (Å²) in [6, 6.07) is 3.41. The monoisotopic (exact) mass is 290 g/mol. The van der Waals surface area contributed by atoms with E-state index in [2.05, 4.69) is 0 Å². The molecule has 0 atom stereocenters. The van der Waals surface area contributed by atoms with Crippen LogP contribution in [0.3, 0.4) is 0 Å². The molecule has 112 valence electrons. The molecule has 2 rings (SSSR count). The van der Waals surface area contributed by atoms with E-state index in [1.165, 1.54) is 28.3 Å². The molecule has 21 heavy (non-hydrogen) atoms. The van der Waals surface area contributed by atoms with Gasteiger partial charge in [-0.25, -0.2) is 0 Å². The molecule has 5 heteroatoms. The molecule has 0 aliphatic heterocycles. The summed E-state index contributed by atoms with van der Waals surface area (Å²) >= 11 is 0. The quantitative estimate of drug-likeness (QED) is 0.877. The standard InChI is InChI=1S/C16H18O5/c1-8-6-10-14(15(18)13(8)9(2)17)11(19-3)7-12(20-4)16(10)21-5/h6-7,18H,1-5H3. The van der Waals surface area contributed by atoms with Gasteiger partial charge in [0.1, 0.15) is 11.5 Å². The second-order valence-electron chi connectivity index (χ2n) is 4.71. The average molecular weight is 290 g/mol. The van der Waals surface area contributed by atoms with Crippen LogP contribution in [0.1, 0.15) is 22.8 Å². The summed E-state index contributed by atoms with van der Waals surface area (Å²) in [5.74, 6) is 1.10. The zero-order chi connectivity index (χ0) is 15.7. The summed E-state index contributed by atoms with van der Waals surface area (Å²) in [6.07, 6.45) is 0. The Labute approximate surface area is 123 Å². The van der Waals surface area contributed by atoms with Crippen molar-refractivity contribution in [2.24, 2.45) is 0 Å². The molecular formula is C16H18O5. The van der Waals surface area contributed by atoms with Gasteiger partial charge in [0.15, 0.2) is 17.3 Å². The van der Waals surface area contributed by atoms with Gasteiger partial charge in [-0.05, 0) is 25.5 Å². The Morgan fingerprint density at radius 1 is 1.05 bits per heavy atom. The van der Waals surface area contributed by atoms with Crippen molar-refractivity contribution < 1.29 is 24.1 Å². The number of carbonyl (C=O) groups excluding carboxylic acids is 1. The lowest BCUT2D eigenvalue weighted by atomic mass is 9.96. The van der Waals surface area contributed by atoms with Crippen molar-refractivity contribution in [3.63, 3.8) is 0 Å². The molecule has 0 fully saturated rings. The Bertz CT molecular complexity index is 719. The van der Waals surface area contributed by atoms with E-state index in [9.17, 15) is 9.90 Å². The first-order valence-electron chi connectivity index (χ1n) is 6.42. The molecule has 0 saturated carbocycles. The fourth-order valence-corrected chi connectivity index (χ4v) is 2.59. The minimum atomic E-state index is -0.205. The van der Waals surface area contributed by atoms with E-state index in [1.807, 2.05) is 0 Å². The highest BCUT2D eigenvalue weighted by Gasteiger charge is 2.22. The molecule has 0 bridgehead atoms. The molecule has 1 N–H and O–H groups in total. The van der Waals surface area contributed by atoms with Crippen LogP contribution in [0.2, 0.25) is 0 Å². The highest BCUT2D eigenvalue weighted by molar-refractivity contribution is 6.09. The van der Waals surface area contributed by atoms with Crippen molar-refractivity contribution in [3.8, 4) is 23.0 Å². The lowest BCUT2D eigenvalue weighted by Crippen LogP contribution is -2.00. The Morgan fingerprint density at radius 2 is 1.67 bits per heavy atom. The maximum atomic E-state index is 11.8. The van der Waals surface area contributed by atoms with E-state index in [1.54, 1.807) is 19.1 Å². The predicted octanol–water partition coefficient (Wildman–Crippen LogP) is 3.08. The van der Waals surface area contributed by atoms with E-state index in [-0.39, 0.29) is 17.1 Å². The molecular weight excluding hydrogens is 272 g/mol. The molecule has 0 heterocycles. The van der Waals surface area contributed by atoms with Gasteiger partial charge in [0.05, 0.1) is 32.3 Å². The molecule has 0 radical (unpaired) electrons. The maximum Gasteiger partial charge on any atom is 0.168 e. The number of ether oxygens (including phenoxy) is 3. The lowest BCUT2D eigenvalue weighted by Gasteiger charge is -2.17. The maximum absolute atomic E-state index is 11.8. The summed E-state index contributed by atoms with van der Waals surface area (Å²) in [6.45, 7) is 3.18. The van der Waals surface area contributed by atoms with Gasteiger partial charge >= 0.3 is 0 Å². The van der Waals surface area contributed by atoms with Crippen LogP contribution < -0.4 is 14.2 Å². The third-order valence-corrected chi connectivity index (χ3v) is 3.47. The third kappa shape index (κ3) is 2.24. The summed E-state index contributed by atoms with van der Waals surface area (Å²) < 4.78 is 16.0. The first-order valence-corrected chi connectivity index (χ1v) is 6.42. The average Bonchev–Trinajstić information content (AvgIpc) is 2.44. The van der Waals surface area contributed by atoms with Crippen molar-refractivity contribution in [1.82, 2.24) is 0 Å². The number of ketones is 1. The van der Waals surface area contributed by atoms with E-state index < -0.39 is 0 Å².